The summed E-state index contributed by atoms with van der Waals surface area (Å²) < 4.78 is 24.4. The van der Waals surface area contributed by atoms with Gasteiger partial charge in [-0.05, 0) is 34.7 Å². The van der Waals surface area contributed by atoms with Crippen molar-refractivity contribution in [2.24, 2.45) is 10.2 Å². The van der Waals surface area contributed by atoms with Gasteiger partial charge in [0.25, 0.3) is 5.91 Å². The topological polar surface area (TPSA) is 89.3 Å². The zero-order valence-corrected chi connectivity index (χ0v) is 18.3. The number of methoxy groups -OCH3 is 1. The van der Waals surface area contributed by atoms with E-state index in [0.717, 1.165) is 28.6 Å². The average molecular weight is 463 g/mol. The highest BCUT2D eigenvalue weighted by Crippen LogP contribution is 2.28. The number of amidine groups is 1. The molecule has 1 N–H and O–H groups in total. The van der Waals surface area contributed by atoms with Crippen molar-refractivity contribution in [2.75, 3.05) is 7.11 Å². The molecule has 0 aliphatic carbocycles. The molecule has 3 aromatic carbocycles. The molecule has 0 saturated carbocycles. The second-order valence-electron chi connectivity index (χ2n) is 6.82. The summed E-state index contributed by atoms with van der Waals surface area (Å²) in [5.74, 6) is -0.928. The van der Waals surface area contributed by atoms with Gasteiger partial charge in [0, 0.05) is 17.2 Å². The van der Waals surface area contributed by atoms with Crippen molar-refractivity contribution >= 4 is 45.8 Å². The normalized spacial score (nSPS) is 16.0. The first-order valence-electron chi connectivity index (χ1n) is 9.83. The Morgan fingerprint density at radius 3 is 2.73 bits per heavy atom. The number of thioether (sulfide) groups is 1. The van der Waals surface area contributed by atoms with Crippen molar-refractivity contribution in [3.8, 4) is 5.75 Å². The van der Waals surface area contributed by atoms with Crippen molar-refractivity contribution in [3.05, 3.63) is 88.6 Å². The summed E-state index contributed by atoms with van der Waals surface area (Å²) in [6.07, 6.45) is 2.60. The first kappa shape index (κ1) is 22.2. The van der Waals surface area contributed by atoms with Gasteiger partial charge < -0.3 is 9.47 Å². The Morgan fingerprint density at radius 1 is 1.12 bits per heavy atom. The molecule has 0 aromatic heterocycles. The molecule has 0 spiro atoms. The van der Waals surface area contributed by atoms with E-state index in [1.54, 1.807) is 24.3 Å². The number of hydrogen-bond acceptors (Lipinski definition) is 7. The Balaban J connectivity index is 1.60. The third-order valence-corrected chi connectivity index (χ3v) is 5.61. The number of amides is 1. The lowest BCUT2D eigenvalue weighted by atomic mass is 10.0. The van der Waals surface area contributed by atoms with Gasteiger partial charge in [-0.25, -0.2) is 9.18 Å². The number of carbonyl (C=O) groups excluding carboxylic acids is 2. The molecule has 1 heterocycles. The van der Waals surface area contributed by atoms with Gasteiger partial charge in [-0.15, -0.1) is 5.10 Å². The lowest BCUT2D eigenvalue weighted by Gasteiger charge is -2.12. The molecular weight excluding hydrogens is 445 g/mol. The van der Waals surface area contributed by atoms with E-state index in [1.165, 1.54) is 19.4 Å². The molecule has 0 radical (unpaired) electrons. The molecule has 1 aliphatic rings. The minimum atomic E-state index is -0.634. The molecule has 0 unspecified atom stereocenters. The van der Waals surface area contributed by atoms with E-state index in [1.807, 2.05) is 30.3 Å². The Morgan fingerprint density at radius 2 is 1.91 bits per heavy atom. The van der Waals surface area contributed by atoms with Crippen molar-refractivity contribution < 1.29 is 23.5 Å². The third-order valence-electron chi connectivity index (χ3n) is 4.71. The molecule has 1 amide bonds. The number of benzene rings is 3. The maximum atomic E-state index is 14.0. The van der Waals surface area contributed by atoms with E-state index in [-0.39, 0.29) is 22.5 Å². The fraction of sp³-hybridized carbons (Fsp3) is 0.0833. The minimum absolute atomic E-state index is 0.0496. The van der Waals surface area contributed by atoms with Crippen LogP contribution in [0.15, 0.2) is 81.8 Å². The van der Waals surface area contributed by atoms with Crippen LogP contribution in [0.1, 0.15) is 11.1 Å². The highest BCUT2D eigenvalue weighted by Gasteiger charge is 2.25. The summed E-state index contributed by atoms with van der Waals surface area (Å²) in [5.41, 5.74) is 1.09. The van der Waals surface area contributed by atoms with Crippen LogP contribution in [-0.2, 0) is 20.9 Å². The van der Waals surface area contributed by atoms with E-state index in [9.17, 15) is 14.0 Å². The van der Waals surface area contributed by atoms with Gasteiger partial charge in [-0.1, -0.05) is 48.5 Å². The molecule has 1 aliphatic heterocycles. The van der Waals surface area contributed by atoms with Gasteiger partial charge >= 0.3 is 5.97 Å². The zero-order valence-electron chi connectivity index (χ0n) is 17.4. The van der Waals surface area contributed by atoms with E-state index < -0.39 is 11.9 Å². The summed E-state index contributed by atoms with van der Waals surface area (Å²) in [7, 11) is 1.23. The minimum Gasteiger partial charge on any atom is -0.488 e. The molecule has 0 bridgehead atoms. The van der Waals surface area contributed by atoms with Gasteiger partial charge in [-0.3, -0.25) is 10.1 Å². The van der Waals surface area contributed by atoms with Crippen LogP contribution in [0.5, 0.6) is 5.75 Å². The summed E-state index contributed by atoms with van der Waals surface area (Å²) in [6, 6.07) is 17.8. The molecule has 9 heteroatoms. The standard InChI is InChI=1S/C24H18FN3O4S/c1-31-22(29)12-21-23(30)27-24(33-21)28-26-13-18-17-8-4-2-6-15(17)10-11-20(18)32-14-16-7-3-5-9-19(16)25/h2-13H,14H2,1H3,(H,27,28,30)/b21-12+,26-13?. The number of nitrogens with zero attached hydrogens (tertiary/aromatic N) is 2. The van der Waals surface area contributed by atoms with Gasteiger partial charge in [0.05, 0.1) is 18.2 Å². The zero-order chi connectivity index (χ0) is 23.2. The lowest BCUT2D eigenvalue weighted by Crippen LogP contribution is -2.19. The van der Waals surface area contributed by atoms with Crippen LogP contribution in [0.2, 0.25) is 0 Å². The van der Waals surface area contributed by atoms with E-state index >= 15 is 0 Å². The fourth-order valence-corrected chi connectivity index (χ4v) is 3.82. The number of nitrogens with one attached hydrogen (secondary N) is 1. The van der Waals surface area contributed by atoms with E-state index in [2.05, 4.69) is 20.3 Å². The second kappa shape index (κ2) is 10.1. The fourth-order valence-electron chi connectivity index (χ4n) is 3.09. The van der Waals surface area contributed by atoms with Crippen molar-refractivity contribution in [3.63, 3.8) is 0 Å². The third kappa shape index (κ3) is 5.27. The van der Waals surface area contributed by atoms with Crippen LogP contribution in [0, 0.1) is 5.82 Å². The van der Waals surface area contributed by atoms with Crippen LogP contribution in [-0.4, -0.2) is 30.4 Å². The van der Waals surface area contributed by atoms with Crippen LogP contribution >= 0.6 is 11.8 Å². The number of fused-ring (bicyclic) bond motifs is 1. The summed E-state index contributed by atoms with van der Waals surface area (Å²) in [5, 5.41) is 12.8. The number of hydrogen-bond donors (Lipinski definition) is 1. The van der Waals surface area contributed by atoms with Crippen molar-refractivity contribution in [1.29, 1.82) is 0 Å². The Labute approximate surface area is 193 Å². The first-order chi connectivity index (χ1) is 16.0. The Hall–Kier alpha value is -3.98. The van der Waals surface area contributed by atoms with Crippen LogP contribution in [0.4, 0.5) is 4.39 Å². The quantitative estimate of drug-likeness (QED) is 0.257. The molecule has 7 nitrogen and oxygen atoms in total. The summed E-state index contributed by atoms with van der Waals surface area (Å²) >= 11 is 0.978. The Kier molecular flexibility index (Phi) is 6.80. The van der Waals surface area contributed by atoms with Crippen LogP contribution < -0.4 is 10.1 Å². The maximum absolute atomic E-state index is 14.0. The number of carbonyl (C=O) groups is 2. The second-order valence-corrected chi connectivity index (χ2v) is 7.85. The molecular formula is C24H18FN3O4S. The Bertz CT molecular complexity index is 1320. The predicted octanol–water partition coefficient (Wildman–Crippen LogP) is 4.17. The van der Waals surface area contributed by atoms with Crippen molar-refractivity contribution in [1.82, 2.24) is 5.32 Å². The smallest absolute Gasteiger partial charge is 0.331 e. The number of esters is 1. The average Bonchev–Trinajstić information content (AvgIpc) is 3.17. The molecule has 166 valence electrons. The molecule has 33 heavy (non-hydrogen) atoms. The SMILES string of the molecule is COC(=O)/C=C1/S/C(=N\N=Cc2c(OCc3ccccc3F)ccc3ccccc23)NC1=O. The first-order valence-corrected chi connectivity index (χ1v) is 10.6. The van der Waals surface area contributed by atoms with Gasteiger partial charge in [0.15, 0.2) is 5.17 Å². The van der Waals surface area contributed by atoms with Gasteiger partial charge in [0.1, 0.15) is 18.2 Å². The molecule has 3 aromatic rings. The van der Waals surface area contributed by atoms with Crippen LogP contribution in [0.25, 0.3) is 10.8 Å². The van der Waals surface area contributed by atoms with Crippen molar-refractivity contribution in [2.45, 2.75) is 6.61 Å². The molecule has 1 saturated heterocycles. The number of rotatable bonds is 6. The maximum Gasteiger partial charge on any atom is 0.331 e. The molecule has 0 atom stereocenters. The van der Waals surface area contributed by atoms with E-state index in [4.69, 9.17) is 4.74 Å². The predicted molar refractivity (Wildman–Crippen MR) is 126 cm³/mol. The highest BCUT2D eigenvalue weighted by atomic mass is 32.2. The summed E-state index contributed by atoms with van der Waals surface area (Å²) in [6.45, 7) is 0.0496. The van der Waals surface area contributed by atoms with Crippen LogP contribution in [0.3, 0.4) is 0 Å². The monoisotopic (exact) mass is 463 g/mol. The number of halogens is 1. The number of ether oxygens (including phenoxy) is 2. The van der Waals surface area contributed by atoms with Gasteiger partial charge in [0.2, 0.25) is 0 Å². The lowest BCUT2D eigenvalue weighted by molar-refractivity contribution is -0.135. The molecule has 4 rings (SSSR count). The summed E-state index contributed by atoms with van der Waals surface area (Å²) in [4.78, 5) is 23.5. The largest absolute Gasteiger partial charge is 0.488 e. The van der Waals surface area contributed by atoms with Gasteiger partial charge in [-0.2, -0.15) is 5.10 Å². The molecule has 1 fully saturated rings. The van der Waals surface area contributed by atoms with E-state index in [0.29, 0.717) is 16.9 Å². The highest BCUT2D eigenvalue weighted by molar-refractivity contribution is 8.18.